The average Bonchev–Trinajstić information content (AvgIpc) is 2.35. The van der Waals surface area contributed by atoms with Gasteiger partial charge in [-0.05, 0) is 19.4 Å². The summed E-state index contributed by atoms with van der Waals surface area (Å²) in [4.78, 5) is 9.83. The molecule has 18 heavy (non-hydrogen) atoms. The topological polar surface area (TPSA) is 55.2 Å². The van der Waals surface area contributed by atoms with Gasteiger partial charge in [0.1, 0.15) is 0 Å². The zero-order valence-electron chi connectivity index (χ0n) is 9.99. The predicted molar refractivity (Wildman–Crippen MR) is 67.4 cm³/mol. The Bertz CT molecular complexity index is 455. The highest BCUT2D eigenvalue weighted by Crippen LogP contribution is 2.19. The maximum Gasteiger partial charge on any atom is 0.305 e. The van der Waals surface area contributed by atoms with E-state index >= 15 is 0 Å². The molecule has 1 N–H and O–H groups in total. The minimum Gasteiger partial charge on any atom is -0.313 e. The highest BCUT2D eigenvalue weighted by molar-refractivity contribution is 5.36. The SMILES string of the molecule is C#CCCCCNCc1cccc([N+](=O)[O-])c1F. The second-order valence-electron chi connectivity index (χ2n) is 3.85. The van der Waals surface area contributed by atoms with Crippen LogP contribution in [-0.2, 0) is 6.54 Å². The molecule has 1 aromatic rings. The summed E-state index contributed by atoms with van der Waals surface area (Å²) in [5, 5.41) is 13.6. The van der Waals surface area contributed by atoms with Crippen LogP contribution in [0.4, 0.5) is 10.1 Å². The van der Waals surface area contributed by atoms with Crippen LogP contribution in [0.5, 0.6) is 0 Å². The second kappa shape index (κ2) is 7.41. The van der Waals surface area contributed by atoms with E-state index in [4.69, 9.17) is 6.42 Å². The van der Waals surface area contributed by atoms with Crippen LogP contribution in [0.3, 0.4) is 0 Å². The van der Waals surface area contributed by atoms with Gasteiger partial charge >= 0.3 is 5.69 Å². The molecule has 0 aliphatic heterocycles. The first-order chi connectivity index (χ1) is 8.66. The van der Waals surface area contributed by atoms with Gasteiger partial charge in [-0.15, -0.1) is 12.3 Å². The first-order valence-electron chi connectivity index (χ1n) is 5.72. The van der Waals surface area contributed by atoms with E-state index in [-0.39, 0.29) is 6.54 Å². The van der Waals surface area contributed by atoms with Crippen molar-refractivity contribution in [2.24, 2.45) is 0 Å². The smallest absolute Gasteiger partial charge is 0.305 e. The van der Waals surface area contributed by atoms with Gasteiger partial charge in [-0.3, -0.25) is 10.1 Å². The van der Waals surface area contributed by atoms with Crippen LogP contribution < -0.4 is 5.32 Å². The van der Waals surface area contributed by atoms with Gasteiger partial charge < -0.3 is 5.32 Å². The van der Waals surface area contributed by atoms with Crippen LogP contribution in [-0.4, -0.2) is 11.5 Å². The molecule has 0 amide bonds. The molecule has 0 radical (unpaired) electrons. The van der Waals surface area contributed by atoms with Crippen LogP contribution in [0.1, 0.15) is 24.8 Å². The minimum absolute atomic E-state index is 0.281. The molecular formula is C13H15FN2O2. The van der Waals surface area contributed by atoms with Crippen LogP contribution in [0, 0.1) is 28.3 Å². The summed E-state index contributed by atoms with van der Waals surface area (Å²) in [7, 11) is 0. The Morgan fingerprint density at radius 1 is 1.44 bits per heavy atom. The normalized spacial score (nSPS) is 10.0. The van der Waals surface area contributed by atoms with Crippen LogP contribution in [0.25, 0.3) is 0 Å². The fourth-order valence-electron chi connectivity index (χ4n) is 1.54. The third kappa shape index (κ3) is 4.15. The summed E-state index contributed by atoms with van der Waals surface area (Å²) in [6.07, 6.45) is 7.67. The van der Waals surface area contributed by atoms with Crippen molar-refractivity contribution in [1.82, 2.24) is 5.32 Å². The van der Waals surface area contributed by atoms with E-state index in [2.05, 4.69) is 11.2 Å². The fourth-order valence-corrected chi connectivity index (χ4v) is 1.54. The first-order valence-corrected chi connectivity index (χ1v) is 5.72. The van der Waals surface area contributed by atoms with Crippen molar-refractivity contribution >= 4 is 5.69 Å². The van der Waals surface area contributed by atoms with E-state index < -0.39 is 16.4 Å². The molecule has 0 heterocycles. The van der Waals surface area contributed by atoms with E-state index in [1.807, 2.05) is 0 Å². The molecule has 0 unspecified atom stereocenters. The number of nitrogens with one attached hydrogen (secondary N) is 1. The number of benzene rings is 1. The summed E-state index contributed by atoms with van der Waals surface area (Å²) in [5.74, 6) is 1.78. The molecule has 0 saturated heterocycles. The first kappa shape index (κ1) is 14.1. The van der Waals surface area contributed by atoms with Gasteiger partial charge in [0.15, 0.2) is 0 Å². The standard InChI is InChI=1S/C13H15FN2O2/c1-2-3-4-5-9-15-10-11-7-6-8-12(13(11)14)16(17)18/h1,6-8,15H,3-5,9-10H2. The number of nitro groups is 1. The molecule has 0 aliphatic carbocycles. The maximum absolute atomic E-state index is 13.6. The lowest BCUT2D eigenvalue weighted by molar-refractivity contribution is -0.387. The summed E-state index contributed by atoms with van der Waals surface area (Å²) in [6, 6.07) is 4.18. The lowest BCUT2D eigenvalue weighted by Gasteiger charge is -2.05. The monoisotopic (exact) mass is 250 g/mol. The Balaban J connectivity index is 2.46. The van der Waals surface area contributed by atoms with Crippen molar-refractivity contribution in [3.05, 3.63) is 39.7 Å². The Kier molecular flexibility index (Phi) is 5.81. The molecule has 4 nitrogen and oxygen atoms in total. The van der Waals surface area contributed by atoms with Crippen molar-refractivity contribution < 1.29 is 9.31 Å². The minimum atomic E-state index is -0.765. The van der Waals surface area contributed by atoms with Gasteiger partial charge in [0.2, 0.25) is 5.82 Å². The van der Waals surface area contributed by atoms with Crippen molar-refractivity contribution in [2.75, 3.05) is 6.54 Å². The van der Waals surface area contributed by atoms with E-state index in [0.29, 0.717) is 12.1 Å². The van der Waals surface area contributed by atoms with E-state index in [9.17, 15) is 14.5 Å². The maximum atomic E-state index is 13.6. The lowest BCUT2D eigenvalue weighted by Crippen LogP contribution is -2.16. The highest BCUT2D eigenvalue weighted by Gasteiger charge is 2.16. The van der Waals surface area contributed by atoms with E-state index in [1.165, 1.54) is 12.1 Å². The molecule has 0 fully saturated rings. The largest absolute Gasteiger partial charge is 0.313 e. The van der Waals surface area contributed by atoms with Gasteiger partial charge in [0, 0.05) is 24.6 Å². The van der Waals surface area contributed by atoms with E-state index in [1.54, 1.807) is 0 Å². The van der Waals surface area contributed by atoms with E-state index in [0.717, 1.165) is 25.3 Å². The van der Waals surface area contributed by atoms with Gasteiger partial charge in [0.25, 0.3) is 0 Å². The number of hydrogen-bond donors (Lipinski definition) is 1. The quantitative estimate of drug-likeness (QED) is 0.350. The number of unbranched alkanes of at least 4 members (excludes halogenated alkanes) is 2. The Hall–Kier alpha value is -1.93. The van der Waals surface area contributed by atoms with Crippen LogP contribution in [0.2, 0.25) is 0 Å². The molecule has 5 heteroatoms. The zero-order valence-corrected chi connectivity index (χ0v) is 9.99. The predicted octanol–water partition coefficient (Wildman–Crippen LogP) is 2.63. The second-order valence-corrected chi connectivity index (χ2v) is 3.85. The number of nitrogens with zero attached hydrogens (tertiary/aromatic N) is 1. The van der Waals surface area contributed by atoms with Crippen LogP contribution in [0.15, 0.2) is 18.2 Å². The summed E-state index contributed by atoms with van der Waals surface area (Å²) >= 11 is 0. The number of hydrogen-bond acceptors (Lipinski definition) is 3. The molecular weight excluding hydrogens is 235 g/mol. The summed E-state index contributed by atoms with van der Waals surface area (Å²) < 4.78 is 13.6. The Labute approximate surface area is 105 Å². The third-order valence-corrected chi connectivity index (χ3v) is 2.50. The van der Waals surface area contributed by atoms with Crippen molar-refractivity contribution in [2.45, 2.75) is 25.8 Å². The lowest BCUT2D eigenvalue weighted by atomic mass is 10.2. The fraction of sp³-hybridized carbons (Fsp3) is 0.385. The summed E-state index contributed by atoms with van der Waals surface area (Å²) in [5.41, 5.74) is -0.178. The average molecular weight is 250 g/mol. The van der Waals surface area contributed by atoms with Gasteiger partial charge in [0.05, 0.1) is 4.92 Å². The number of halogens is 1. The Morgan fingerprint density at radius 3 is 2.89 bits per heavy atom. The summed E-state index contributed by atoms with van der Waals surface area (Å²) in [6.45, 7) is 0.993. The number of rotatable bonds is 7. The van der Waals surface area contributed by atoms with Gasteiger partial charge in [-0.2, -0.15) is 4.39 Å². The zero-order chi connectivity index (χ0) is 13.4. The van der Waals surface area contributed by atoms with Crippen molar-refractivity contribution in [3.63, 3.8) is 0 Å². The molecule has 96 valence electrons. The van der Waals surface area contributed by atoms with Crippen molar-refractivity contribution in [1.29, 1.82) is 0 Å². The Morgan fingerprint density at radius 2 is 2.22 bits per heavy atom. The van der Waals surface area contributed by atoms with Crippen LogP contribution >= 0.6 is 0 Å². The number of terminal acetylenes is 1. The van der Waals surface area contributed by atoms with Crippen molar-refractivity contribution in [3.8, 4) is 12.3 Å². The highest BCUT2D eigenvalue weighted by atomic mass is 19.1. The molecule has 0 atom stereocenters. The van der Waals surface area contributed by atoms with Gasteiger partial charge in [-0.1, -0.05) is 12.1 Å². The molecule has 0 aliphatic rings. The van der Waals surface area contributed by atoms with Gasteiger partial charge in [-0.25, -0.2) is 0 Å². The number of nitro benzene ring substituents is 1. The third-order valence-electron chi connectivity index (χ3n) is 2.50. The molecule has 1 rings (SSSR count). The molecule has 0 aromatic heterocycles. The molecule has 0 saturated carbocycles. The molecule has 0 spiro atoms. The molecule has 1 aromatic carbocycles. The molecule has 0 bridgehead atoms.